The smallest absolute Gasteiger partial charge is 0.325 e. The molecule has 22 heavy (non-hydrogen) atoms. The number of hydrogen-bond acceptors (Lipinski definition) is 6. The van der Waals surface area contributed by atoms with Crippen molar-refractivity contribution in [3.8, 4) is 16.9 Å². The molecular weight excluding hydrogens is 286 g/mol. The van der Waals surface area contributed by atoms with Crippen molar-refractivity contribution < 1.29 is 0 Å². The minimum absolute atomic E-state index is 0.228. The molecule has 0 spiro atoms. The number of rotatable bonds is 3. The molecule has 112 valence electrons. The summed E-state index contributed by atoms with van der Waals surface area (Å²) in [6, 6.07) is 3.48. The second-order valence-corrected chi connectivity index (χ2v) is 4.77. The molecule has 0 fully saturated rings. The van der Waals surface area contributed by atoms with Gasteiger partial charge in [-0.2, -0.15) is 5.10 Å². The van der Waals surface area contributed by atoms with Gasteiger partial charge in [-0.1, -0.05) is 0 Å². The summed E-state index contributed by atoms with van der Waals surface area (Å²) in [7, 11) is 3.67. The van der Waals surface area contributed by atoms with Crippen LogP contribution in [0.3, 0.4) is 0 Å². The zero-order valence-corrected chi connectivity index (χ0v) is 11.9. The molecule has 0 saturated carbocycles. The SMILES string of the molecule is CN(C)c1nnc(-c2c[nH]c(=O)[nH]c2=O)cc1-n1cccn1. The van der Waals surface area contributed by atoms with E-state index in [1.165, 1.54) is 6.20 Å². The Hall–Kier alpha value is -3.23. The third-order valence-corrected chi connectivity index (χ3v) is 3.03. The molecule has 0 aliphatic carbocycles. The van der Waals surface area contributed by atoms with Gasteiger partial charge >= 0.3 is 5.69 Å². The number of nitrogens with one attached hydrogen (secondary N) is 2. The summed E-state index contributed by atoms with van der Waals surface area (Å²) in [5.74, 6) is 0.605. The molecule has 0 atom stereocenters. The van der Waals surface area contributed by atoms with Crippen LogP contribution in [0, 0.1) is 0 Å². The molecule has 2 N–H and O–H groups in total. The Morgan fingerprint density at radius 3 is 2.68 bits per heavy atom. The molecule has 9 nitrogen and oxygen atoms in total. The van der Waals surface area contributed by atoms with Crippen LogP contribution >= 0.6 is 0 Å². The van der Waals surface area contributed by atoms with Crippen LogP contribution in [-0.2, 0) is 0 Å². The minimum atomic E-state index is -0.570. The number of aromatic nitrogens is 6. The third kappa shape index (κ3) is 2.39. The average molecular weight is 299 g/mol. The zero-order chi connectivity index (χ0) is 15.7. The number of H-pyrrole nitrogens is 2. The summed E-state index contributed by atoms with van der Waals surface area (Å²) in [4.78, 5) is 29.4. The minimum Gasteiger partial charge on any atom is -0.359 e. The van der Waals surface area contributed by atoms with Gasteiger partial charge in [0.2, 0.25) is 0 Å². The molecule has 0 saturated heterocycles. The molecular formula is C13H13N7O2. The summed E-state index contributed by atoms with van der Waals surface area (Å²) in [5, 5.41) is 12.4. The van der Waals surface area contributed by atoms with Gasteiger partial charge in [0, 0.05) is 32.7 Å². The van der Waals surface area contributed by atoms with Crippen LogP contribution in [0.2, 0.25) is 0 Å². The summed E-state index contributed by atoms with van der Waals surface area (Å²) in [5.41, 5.74) is 0.144. The molecule has 0 aliphatic rings. The highest BCUT2D eigenvalue weighted by molar-refractivity contribution is 5.65. The fourth-order valence-electron chi connectivity index (χ4n) is 2.01. The first kappa shape index (κ1) is 13.7. The maximum atomic E-state index is 11.9. The number of anilines is 1. The predicted octanol–water partition coefficient (Wildman–Crippen LogP) is -0.228. The quantitative estimate of drug-likeness (QED) is 0.691. The lowest BCUT2D eigenvalue weighted by Gasteiger charge is -2.15. The van der Waals surface area contributed by atoms with Gasteiger partial charge in [0.15, 0.2) is 5.82 Å². The van der Waals surface area contributed by atoms with Gasteiger partial charge in [-0.15, -0.1) is 10.2 Å². The lowest BCUT2D eigenvalue weighted by molar-refractivity contribution is 0.846. The highest BCUT2D eigenvalue weighted by atomic mass is 16.2. The Morgan fingerprint density at radius 1 is 1.23 bits per heavy atom. The van der Waals surface area contributed by atoms with Crippen LogP contribution in [0.15, 0.2) is 40.3 Å². The lowest BCUT2D eigenvalue weighted by atomic mass is 10.2. The zero-order valence-electron chi connectivity index (χ0n) is 11.9. The van der Waals surface area contributed by atoms with E-state index in [2.05, 4.69) is 25.3 Å². The fraction of sp³-hybridized carbons (Fsp3) is 0.154. The van der Waals surface area contributed by atoms with E-state index in [1.54, 1.807) is 34.1 Å². The fourth-order valence-corrected chi connectivity index (χ4v) is 2.01. The van der Waals surface area contributed by atoms with Crippen LogP contribution in [0.25, 0.3) is 16.9 Å². The van der Waals surface area contributed by atoms with Gasteiger partial charge in [-0.25, -0.2) is 9.48 Å². The average Bonchev–Trinajstić information content (AvgIpc) is 3.00. The van der Waals surface area contributed by atoms with E-state index >= 15 is 0 Å². The van der Waals surface area contributed by atoms with Crippen LogP contribution in [0.5, 0.6) is 0 Å². The Morgan fingerprint density at radius 2 is 2.05 bits per heavy atom. The van der Waals surface area contributed by atoms with E-state index in [0.29, 0.717) is 17.2 Å². The molecule has 0 aliphatic heterocycles. The van der Waals surface area contributed by atoms with Crippen molar-refractivity contribution >= 4 is 5.82 Å². The first-order valence-corrected chi connectivity index (χ1v) is 6.43. The molecule has 0 bridgehead atoms. The van der Waals surface area contributed by atoms with Crippen molar-refractivity contribution in [1.82, 2.24) is 29.9 Å². The first-order valence-electron chi connectivity index (χ1n) is 6.43. The van der Waals surface area contributed by atoms with Crippen molar-refractivity contribution in [2.24, 2.45) is 0 Å². The first-order chi connectivity index (χ1) is 10.6. The van der Waals surface area contributed by atoms with Crippen molar-refractivity contribution in [1.29, 1.82) is 0 Å². The Balaban J connectivity index is 2.21. The van der Waals surface area contributed by atoms with E-state index in [1.807, 2.05) is 14.1 Å². The normalized spacial score (nSPS) is 10.6. The van der Waals surface area contributed by atoms with E-state index in [9.17, 15) is 9.59 Å². The molecule has 0 amide bonds. The summed E-state index contributed by atoms with van der Waals surface area (Å²) in [6.45, 7) is 0. The van der Waals surface area contributed by atoms with E-state index < -0.39 is 11.2 Å². The van der Waals surface area contributed by atoms with E-state index in [0.717, 1.165) is 0 Å². The Kier molecular flexibility index (Phi) is 3.30. The Labute approximate surface area is 124 Å². The van der Waals surface area contributed by atoms with Gasteiger partial charge < -0.3 is 9.88 Å². The third-order valence-electron chi connectivity index (χ3n) is 3.03. The summed E-state index contributed by atoms with van der Waals surface area (Å²) in [6.07, 6.45) is 4.73. The highest BCUT2D eigenvalue weighted by Gasteiger charge is 2.14. The van der Waals surface area contributed by atoms with Crippen LogP contribution in [-0.4, -0.2) is 44.0 Å². The van der Waals surface area contributed by atoms with E-state index in [4.69, 9.17) is 0 Å². The standard InChI is InChI=1S/C13H13N7O2/c1-19(2)11-10(20-5-3-4-15-20)6-9(17-18-11)8-7-14-13(22)16-12(8)21/h3-7H,1-2H3,(H2,14,16,21,22). The topological polar surface area (TPSA) is 113 Å². The van der Waals surface area contributed by atoms with Crippen LogP contribution in [0.4, 0.5) is 5.82 Å². The highest BCUT2D eigenvalue weighted by Crippen LogP contribution is 2.22. The van der Waals surface area contributed by atoms with Crippen LogP contribution < -0.4 is 16.1 Å². The largest absolute Gasteiger partial charge is 0.359 e. The lowest BCUT2D eigenvalue weighted by Crippen LogP contribution is -2.23. The predicted molar refractivity (Wildman–Crippen MR) is 80.2 cm³/mol. The van der Waals surface area contributed by atoms with Gasteiger partial charge in [0.05, 0.1) is 5.56 Å². The van der Waals surface area contributed by atoms with E-state index in [-0.39, 0.29) is 5.56 Å². The van der Waals surface area contributed by atoms with Crippen LogP contribution in [0.1, 0.15) is 0 Å². The maximum Gasteiger partial charge on any atom is 0.325 e. The molecule has 3 aromatic heterocycles. The van der Waals surface area contributed by atoms with Gasteiger partial charge in [0.25, 0.3) is 5.56 Å². The molecule has 9 heteroatoms. The van der Waals surface area contributed by atoms with Crippen molar-refractivity contribution in [2.45, 2.75) is 0 Å². The van der Waals surface area contributed by atoms with Gasteiger partial charge in [-0.3, -0.25) is 9.78 Å². The number of nitrogens with zero attached hydrogens (tertiary/aromatic N) is 5. The molecule has 3 rings (SSSR count). The molecule has 0 radical (unpaired) electrons. The molecule has 0 aromatic carbocycles. The Bertz CT molecular complexity index is 909. The van der Waals surface area contributed by atoms with Crippen molar-refractivity contribution in [3.63, 3.8) is 0 Å². The van der Waals surface area contributed by atoms with Gasteiger partial charge in [-0.05, 0) is 12.1 Å². The number of aromatic amines is 2. The summed E-state index contributed by atoms with van der Waals surface area (Å²) >= 11 is 0. The molecule has 3 heterocycles. The summed E-state index contributed by atoms with van der Waals surface area (Å²) < 4.78 is 1.63. The number of hydrogen-bond donors (Lipinski definition) is 2. The maximum absolute atomic E-state index is 11.9. The van der Waals surface area contributed by atoms with Gasteiger partial charge in [0.1, 0.15) is 11.4 Å². The van der Waals surface area contributed by atoms with Crippen molar-refractivity contribution in [2.75, 3.05) is 19.0 Å². The second-order valence-electron chi connectivity index (χ2n) is 4.77. The molecule has 0 unspecified atom stereocenters. The monoisotopic (exact) mass is 299 g/mol. The molecule has 3 aromatic rings. The second kappa shape index (κ2) is 5.28. The van der Waals surface area contributed by atoms with Crippen molar-refractivity contribution in [3.05, 3.63) is 51.6 Å².